The zero-order chi connectivity index (χ0) is 18.4. The number of benzene rings is 1. The third-order valence-electron chi connectivity index (χ3n) is 4.08. The zero-order valence-electron chi connectivity index (χ0n) is 14.6. The molecule has 1 aromatic heterocycles. The van der Waals surface area contributed by atoms with Gasteiger partial charge in [-0.05, 0) is 31.9 Å². The van der Waals surface area contributed by atoms with E-state index in [1.165, 1.54) is 17.2 Å². The molecule has 2 heterocycles. The van der Waals surface area contributed by atoms with E-state index < -0.39 is 0 Å². The molecule has 1 unspecified atom stereocenters. The number of carbonyl (C=O) groups excluding carboxylic acids is 2. The van der Waals surface area contributed by atoms with E-state index in [1.807, 2.05) is 31.2 Å². The van der Waals surface area contributed by atoms with Gasteiger partial charge >= 0.3 is 6.03 Å². The van der Waals surface area contributed by atoms with Gasteiger partial charge < -0.3 is 24.8 Å². The molecule has 3 amide bonds. The van der Waals surface area contributed by atoms with Crippen molar-refractivity contribution < 1.29 is 18.8 Å². The summed E-state index contributed by atoms with van der Waals surface area (Å²) in [5, 5.41) is 9.06. The van der Waals surface area contributed by atoms with E-state index in [2.05, 4.69) is 20.3 Å². The number of anilines is 2. The molecule has 0 radical (unpaired) electrons. The van der Waals surface area contributed by atoms with Crippen LogP contribution in [-0.4, -0.2) is 47.8 Å². The normalized spacial score (nSPS) is 16.3. The molecule has 8 heteroatoms. The second kappa shape index (κ2) is 8.48. The summed E-state index contributed by atoms with van der Waals surface area (Å²) in [6, 6.07) is 8.67. The summed E-state index contributed by atoms with van der Waals surface area (Å²) in [5.74, 6) is -0.0398. The van der Waals surface area contributed by atoms with E-state index in [0.29, 0.717) is 24.7 Å². The molecule has 1 fully saturated rings. The molecule has 8 nitrogen and oxygen atoms in total. The first-order chi connectivity index (χ1) is 12.6. The Labute approximate surface area is 151 Å². The molecule has 3 rings (SSSR count). The highest BCUT2D eigenvalue weighted by molar-refractivity contribution is 5.96. The Balaban J connectivity index is 1.63. The van der Waals surface area contributed by atoms with Gasteiger partial charge in [-0.2, -0.15) is 0 Å². The van der Waals surface area contributed by atoms with Gasteiger partial charge in [-0.3, -0.25) is 4.79 Å². The second-order valence-corrected chi connectivity index (χ2v) is 6.24. The molecule has 1 aliphatic rings. The molecule has 138 valence electrons. The van der Waals surface area contributed by atoms with Crippen LogP contribution in [0, 0.1) is 6.92 Å². The number of carbonyl (C=O) groups is 2. The minimum Gasteiger partial charge on any atom is -0.376 e. The Bertz CT molecular complexity index is 724. The van der Waals surface area contributed by atoms with Crippen LogP contribution in [0.4, 0.5) is 16.3 Å². The van der Waals surface area contributed by atoms with Crippen molar-refractivity contribution in [2.24, 2.45) is 0 Å². The predicted molar refractivity (Wildman–Crippen MR) is 95.9 cm³/mol. The number of hydrogen-bond acceptors (Lipinski definition) is 5. The fourth-order valence-electron chi connectivity index (χ4n) is 2.73. The number of ether oxygens (including phenoxy) is 1. The highest BCUT2D eigenvalue weighted by Crippen LogP contribution is 2.15. The van der Waals surface area contributed by atoms with Gasteiger partial charge in [0, 0.05) is 24.9 Å². The average Bonchev–Trinajstić information content (AvgIpc) is 3.30. The molecule has 0 aliphatic carbocycles. The molecule has 2 aromatic rings. The monoisotopic (exact) mass is 358 g/mol. The van der Waals surface area contributed by atoms with E-state index >= 15 is 0 Å². The van der Waals surface area contributed by atoms with Gasteiger partial charge in [-0.15, -0.1) is 0 Å². The third-order valence-corrected chi connectivity index (χ3v) is 4.08. The van der Waals surface area contributed by atoms with Crippen LogP contribution in [0.25, 0.3) is 0 Å². The maximum Gasteiger partial charge on any atom is 0.322 e. The average molecular weight is 358 g/mol. The second-order valence-electron chi connectivity index (χ2n) is 6.24. The lowest BCUT2D eigenvalue weighted by Gasteiger charge is -2.25. The van der Waals surface area contributed by atoms with Crippen LogP contribution in [0.2, 0.25) is 0 Å². The van der Waals surface area contributed by atoms with Gasteiger partial charge in [0.2, 0.25) is 5.91 Å². The quantitative estimate of drug-likeness (QED) is 0.827. The number of urea groups is 1. The number of aromatic nitrogens is 1. The fourth-order valence-corrected chi connectivity index (χ4v) is 2.73. The molecular weight excluding hydrogens is 336 g/mol. The summed E-state index contributed by atoms with van der Waals surface area (Å²) >= 11 is 0. The Morgan fingerprint density at radius 2 is 2.04 bits per heavy atom. The van der Waals surface area contributed by atoms with E-state index in [-0.39, 0.29) is 24.6 Å². The minimum absolute atomic E-state index is 0.0568. The molecule has 1 saturated heterocycles. The van der Waals surface area contributed by atoms with E-state index in [1.54, 1.807) is 0 Å². The number of amides is 3. The van der Waals surface area contributed by atoms with E-state index in [0.717, 1.165) is 18.4 Å². The van der Waals surface area contributed by atoms with Gasteiger partial charge in [0.1, 0.15) is 12.8 Å². The van der Waals surface area contributed by atoms with Crippen LogP contribution in [0.5, 0.6) is 0 Å². The highest BCUT2D eigenvalue weighted by atomic mass is 16.5. The van der Waals surface area contributed by atoms with Crippen LogP contribution >= 0.6 is 0 Å². The van der Waals surface area contributed by atoms with Crippen LogP contribution in [-0.2, 0) is 9.53 Å². The summed E-state index contributed by atoms with van der Waals surface area (Å²) in [5.41, 5.74) is 1.78. The van der Waals surface area contributed by atoms with Gasteiger partial charge in [-0.25, -0.2) is 4.79 Å². The molecular formula is C18H22N4O4. The molecule has 2 N–H and O–H groups in total. The highest BCUT2D eigenvalue weighted by Gasteiger charge is 2.24. The van der Waals surface area contributed by atoms with Crippen molar-refractivity contribution >= 4 is 23.4 Å². The maximum absolute atomic E-state index is 12.7. The van der Waals surface area contributed by atoms with Gasteiger partial charge in [0.15, 0.2) is 5.82 Å². The Hall–Kier alpha value is -2.87. The number of nitrogens with zero attached hydrogens (tertiary/aromatic N) is 2. The van der Waals surface area contributed by atoms with Crippen molar-refractivity contribution in [3.63, 3.8) is 0 Å². The Morgan fingerprint density at radius 1 is 1.23 bits per heavy atom. The maximum atomic E-state index is 12.7. The predicted octanol–water partition coefficient (Wildman–Crippen LogP) is 2.63. The summed E-state index contributed by atoms with van der Waals surface area (Å²) in [6.45, 7) is 2.90. The van der Waals surface area contributed by atoms with Crippen LogP contribution in [0.3, 0.4) is 0 Å². The summed E-state index contributed by atoms with van der Waals surface area (Å²) in [4.78, 5) is 26.4. The molecule has 26 heavy (non-hydrogen) atoms. The standard InChI is InChI=1S/C18H22N4O4/c1-13-4-6-14(7-5-13)19-18(24)22(11-15-3-2-9-25-15)12-17(23)20-16-8-10-26-21-16/h4-8,10,15H,2-3,9,11-12H2,1H3,(H,19,24)(H,20,21,23). The van der Waals surface area contributed by atoms with Crippen LogP contribution in [0.1, 0.15) is 18.4 Å². The van der Waals surface area contributed by atoms with Crippen molar-refractivity contribution in [2.75, 3.05) is 30.3 Å². The SMILES string of the molecule is Cc1ccc(NC(=O)N(CC(=O)Nc2ccon2)CC2CCCO2)cc1. The molecule has 1 aliphatic heterocycles. The fraction of sp³-hybridized carbons (Fsp3) is 0.389. The number of aryl methyl sites for hydroxylation is 1. The van der Waals surface area contributed by atoms with Crippen LogP contribution < -0.4 is 10.6 Å². The lowest BCUT2D eigenvalue weighted by molar-refractivity contribution is -0.117. The number of rotatable bonds is 6. The number of nitrogens with one attached hydrogen (secondary N) is 2. The first-order valence-corrected chi connectivity index (χ1v) is 8.54. The lowest BCUT2D eigenvalue weighted by Crippen LogP contribution is -2.44. The largest absolute Gasteiger partial charge is 0.376 e. The van der Waals surface area contributed by atoms with E-state index in [9.17, 15) is 9.59 Å². The summed E-state index contributed by atoms with van der Waals surface area (Å²) in [7, 11) is 0. The molecule has 1 atom stereocenters. The zero-order valence-corrected chi connectivity index (χ0v) is 14.6. The van der Waals surface area contributed by atoms with Gasteiger partial charge in [0.05, 0.1) is 6.10 Å². The lowest BCUT2D eigenvalue weighted by atomic mass is 10.2. The number of hydrogen-bond donors (Lipinski definition) is 2. The third kappa shape index (κ3) is 5.06. The Kier molecular flexibility index (Phi) is 5.85. The van der Waals surface area contributed by atoms with Crippen molar-refractivity contribution in [1.29, 1.82) is 0 Å². The smallest absolute Gasteiger partial charge is 0.322 e. The molecule has 1 aromatic carbocycles. The van der Waals surface area contributed by atoms with Crippen molar-refractivity contribution in [2.45, 2.75) is 25.9 Å². The molecule has 0 bridgehead atoms. The Morgan fingerprint density at radius 3 is 2.69 bits per heavy atom. The van der Waals surface area contributed by atoms with Gasteiger partial charge in [-0.1, -0.05) is 22.9 Å². The van der Waals surface area contributed by atoms with Crippen LogP contribution in [0.15, 0.2) is 41.1 Å². The van der Waals surface area contributed by atoms with Gasteiger partial charge in [0.25, 0.3) is 0 Å². The minimum atomic E-state index is -0.351. The topological polar surface area (TPSA) is 96.7 Å². The van der Waals surface area contributed by atoms with Crippen molar-refractivity contribution in [3.8, 4) is 0 Å². The van der Waals surface area contributed by atoms with E-state index in [4.69, 9.17) is 4.74 Å². The first kappa shape index (κ1) is 17.9. The summed E-state index contributed by atoms with van der Waals surface area (Å²) in [6.07, 6.45) is 3.14. The summed E-state index contributed by atoms with van der Waals surface area (Å²) < 4.78 is 10.3. The molecule has 0 spiro atoms. The van der Waals surface area contributed by atoms with Crippen molar-refractivity contribution in [1.82, 2.24) is 10.1 Å². The first-order valence-electron chi connectivity index (χ1n) is 8.54. The van der Waals surface area contributed by atoms with Crippen molar-refractivity contribution in [3.05, 3.63) is 42.2 Å². The molecule has 0 saturated carbocycles.